The lowest BCUT2D eigenvalue weighted by Gasteiger charge is -2.07. The molecule has 1 saturated carbocycles. The molecule has 20 heavy (non-hydrogen) atoms. The first-order chi connectivity index (χ1) is 9.55. The maximum absolute atomic E-state index is 11.5. The first kappa shape index (κ1) is 13.2. The highest BCUT2D eigenvalue weighted by molar-refractivity contribution is 7.89. The number of hydrogen-bond acceptors (Lipinski definition) is 5. The third-order valence-electron chi connectivity index (χ3n) is 3.29. The SMILES string of the molecule is NS(=O)(=O)c1nnc(CCc2ccncc2)n1C1CC1. The van der Waals surface area contributed by atoms with Gasteiger partial charge in [-0.05, 0) is 37.0 Å². The van der Waals surface area contributed by atoms with E-state index in [0.29, 0.717) is 12.2 Å². The fourth-order valence-electron chi connectivity index (χ4n) is 2.18. The van der Waals surface area contributed by atoms with Crippen molar-refractivity contribution in [3.8, 4) is 0 Å². The van der Waals surface area contributed by atoms with E-state index in [1.165, 1.54) is 0 Å². The van der Waals surface area contributed by atoms with E-state index < -0.39 is 10.0 Å². The summed E-state index contributed by atoms with van der Waals surface area (Å²) in [5.74, 6) is 0.674. The minimum atomic E-state index is -3.82. The van der Waals surface area contributed by atoms with Gasteiger partial charge in [0.15, 0.2) is 0 Å². The predicted molar refractivity (Wildman–Crippen MR) is 71.3 cm³/mol. The Morgan fingerprint density at radius 2 is 1.90 bits per heavy atom. The summed E-state index contributed by atoms with van der Waals surface area (Å²) in [6, 6.07) is 4.03. The maximum Gasteiger partial charge on any atom is 0.273 e. The van der Waals surface area contributed by atoms with Crippen LogP contribution in [-0.2, 0) is 22.9 Å². The molecule has 2 heterocycles. The summed E-state index contributed by atoms with van der Waals surface area (Å²) in [4.78, 5) is 3.96. The van der Waals surface area contributed by atoms with Crippen molar-refractivity contribution in [2.24, 2.45) is 5.14 Å². The number of hydrogen-bond donors (Lipinski definition) is 1. The molecule has 0 bridgehead atoms. The molecule has 0 saturated heterocycles. The Labute approximate surface area is 116 Å². The molecule has 1 aliphatic rings. The van der Waals surface area contributed by atoms with Gasteiger partial charge in [-0.1, -0.05) is 0 Å². The van der Waals surface area contributed by atoms with E-state index in [2.05, 4.69) is 15.2 Å². The van der Waals surface area contributed by atoms with Crippen molar-refractivity contribution < 1.29 is 8.42 Å². The van der Waals surface area contributed by atoms with E-state index in [1.807, 2.05) is 12.1 Å². The summed E-state index contributed by atoms with van der Waals surface area (Å²) >= 11 is 0. The maximum atomic E-state index is 11.5. The zero-order chi connectivity index (χ0) is 14.2. The Hall–Kier alpha value is -1.80. The second-order valence-corrected chi connectivity index (χ2v) is 6.36. The molecular formula is C12H15N5O2S. The quantitative estimate of drug-likeness (QED) is 0.861. The highest BCUT2D eigenvalue weighted by atomic mass is 32.2. The summed E-state index contributed by atoms with van der Waals surface area (Å²) in [6.45, 7) is 0. The lowest BCUT2D eigenvalue weighted by molar-refractivity contribution is 0.558. The molecule has 0 atom stereocenters. The van der Waals surface area contributed by atoms with E-state index in [0.717, 1.165) is 24.8 Å². The van der Waals surface area contributed by atoms with Gasteiger partial charge in [0.1, 0.15) is 5.82 Å². The molecular weight excluding hydrogens is 278 g/mol. The number of aromatic nitrogens is 4. The number of pyridine rings is 1. The molecule has 0 aliphatic heterocycles. The van der Waals surface area contributed by atoms with Crippen molar-refractivity contribution >= 4 is 10.0 Å². The summed E-state index contributed by atoms with van der Waals surface area (Å²) in [5, 5.41) is 12.8. The molecule has 106 valence electrons. The lowest BCUT2D eigenvalue weighted by Crippen LogP contribution is -2.19. The van der Waals surface area contributed by atoms with Crippen molar-refractivity contribution in [1.29, 1.82) is 0 Å². The zero-order valence-electron chi connectivity index (χ0n) is 10.8. The Kier molecular flexibility index (Phi) is 3.27. The van der Waals surface area contributed by atoms with Crippen molar-refractivity contribution in [3.05, 3.63) is 35.9 Å². The van der Waals surface area contributed by atoms with Gasteiger partial charge in [0.05, 0.1) is 0 Å². The van der Waals surface area contributed by atoms with Gasteiger partial charge >= 0.3 is 0 Å². The van der Waals surface area contributed by atoms with Gasteiger partial charge in [-0.2, -0.15) is 0 Å². The van der Waals surface area contributed by atoms with Crippen LogP contribution < -0.4 is 5.14 Å². The van der Waals surface area contributed by atoms with Crippen LogP contribution in [0.1, 0.15) is 30.3 Å². The highest BCUT2D eigenvalue weighted by Crippen LogP contribution is 2.37. The largest absolute Gasteiger partial charge is 0.298 e. The standard InChI is InChI=1S/C12H15N5O2S/c13-20(18,19)12-16-15-11(17(12)10-2-3-10)4-1-9-5-7-14-8-6-9/h5-8,10H,1-4H2,(H2,13,18,19). The van der Waals surface area contributed by atoms with Crippen LogP contribution in [0.2, 0.25) is 0 Å². The Morgan fingerprint density at radius 1 is 1.20 bits per heavy atom. The third-order valence-corrected chi connectivity index (χ3v) is 4.08. The van der Waals surface area contributed by atoms with Crippen molar-refractivity contribution in [2.75, 3.05) is 0 Å². The molecule has 2 aromatic rings. The van der Waals surface area contributed by atoms with Gasteiger partial charge in [-0.15, -0.1) is 10.2 Å². The van der Waals surface area contributed by atoms with Gasteiger partial charge in [0.25, 0.3) is 15.2 Å². The Morgan fingerprint density at radius 3 is 2.50 bits per heavy atom. The Balaban J connectivity index is 1.85. The molecule has 0 amide bonds. The fraction of sp³-hybridized carbons (Fsp3) is 0.417. The number of sulfonamides is 1. The van der Waals surface area contributed by atoms with E-state index in [4.69, 9.17) is 5.14 Å². The van der Waals surface area contributed by atoms with Crippen molar-refractivity contribution in [3.63, 3.8) is 0 Å². The van der Waals surface area contributed by atoms with E-state index in [-0.39, 0.29) is 11.2 Å². The van der Waals surface area contributed by atoms with Crippen LogP contribution in [0.3, 0.4) is 0 Å². The van der Waals surface area contributed by atoms with E-state index in [9.17, 15) is 8.42 Å². The number of primary sulfonamides is 1. The van der Waals surface area contributed by atoms with E-state index in [1.54, 1.807) is 17.0 Å². The van der Waals surface area contributed by atoms with Crippen LogP contribution in [0.4, 0.5) is 0 Å². The molecule has 3 rings (SSSR count). The highest BCUT2D eigenvalue weighted by Gasteiger charge is 2.32. The van der Waals surface area contributed by atoms with Crippen LogP contribution >= 0.6 is 0 Å². The number of nitrogens with zero attached hydrogens (tertiary/aromatic N) is 4. The first-order valence-electron chi connectivity index (χ1n) is 6.41. The van der Waals surface area contributed by atoms with Gasteiger partial charge in [-0.25, -0.2) is 13.6 Å². The smallest absolute Gasteiger partial charge is 0.273 e. The van der Waals surface area contributed by atoms with Gasteiger partial charge < -0.3 is 0 Å². The molecule has 1 aliphatic carbocycles. The number of nitrogens with two attached hydrogens (primary N) is 1. The molecule has 1 fully saturated rings. The van der Waals surface area contributed by atoms with Crippen molar-refractivity contribution in [2.45, 2.75) is 36.9 Å². The molecule has 8 heteroatoms. The monoisotopic (exact) mass is 293 g/mol. The Bertz CT molecular complexity index is 707. The van der Waals surface area contributed by atoms with Crippen LogP contribution in [0.25, 0.3) is 0 Å². The second-order valence-electron chi connectivity index (χ2n) is 4.90. The van der Waals surface area contributed by atoms with Gasteiger partial charge in [0, 0.05) is 24.9 Å². The van der Waals surface area contributed by atoms with E-state index >= 15 is 0 Å². The molecule has 2 aromatic heterocycles. The molecule has 0 unspecified atom stereocenters. The minimum absolute atomic E-state index is 0.121. The minimum Gasteiger partial charge on any atom is -0.298 e. The topological polar surface area (TPSA) is 104 Å². The average molecular weight is 293 g/mol. The predicted octanol–water partition coefficient (Wildman–Crippen LogP) is 0.441. The van der Waals surface area contributed by atoms with Crippen LogP contribution in [0.15, 0.2) is 29.7 Å². The lowest BCUT2D eigenvalue weighted by atomic mass is 10.1. The normalized spacial score (nSPS) is 15.4. The molecule has 0 aromatic carbocycles. The summed E-state index contributed by atoms with van der Waals surface area (Å²) in [6.07, 6.45) is 6.75. The summed E-state index contributed by atoms with van der Waals surface area (Å²) in [5.41, 5.74) is 1.13. The first-order valence-corrected chi connectivity index (χ1v) is 7.96. The second kappa shape index (κ2) is 4.95. The van der Waals surface area contributed by atoms with Crippen LogP contribution in [0.5, 0.6) is 0 Å². The molecule has 7 nitrogen and oxygen atoms in total. The average Bonchev–Trinajstić information content (AvgIpc) is 3.16. The van der Waals surface area contributed by atoms with Gasteiger partial charge in [-0.3, -0.25) is 9.55 Å². The van der Waals surface area contributed by atoms with Crippen LogP contribution in [0, 0.1) is 0 Å². The zero-order valence-corrected chi connectivity index (χ0v) is 11.6. The number of aryl methyl sites for hydroxylation is 2. The van der Waals surface area contributed by atoms with Crippen LogP contribution in [-0.4, -0.2) is 28.2 Å². The summed E-state index contributed by atoms with van der Waals surface area (Å²) < 4.78 is 24.7. The molecule has 0 spiro atoms. The van der Waals surface area contributed by atoms with Gasteiger partial charge in [0.2, 0.25) is 0 Å². The number of rotatable bonds is 5. The van der Waals surface area contributed by atoms with Crippen molar-refractivity contribution in [1.82, 2.24) is 19.7 Å². The molecule has 0 radical (unpaired) electrons. The summed E-state index contributed by atoms with van der Waals surface area (Å²) in [7, 11) is -3.82. The fourth-order valence-corrected chi connectivity index (χ4v) is 2.86. The third kappa shape index (κ3) is 2.70. The molecule has 2 N–H and O–H groups in total.